The molecule has 0 bridgehead atoms. The van der Waals surface area contributed by atoms with Gasteiger partial charge < -0.3 is 19.5 Å². The molecule has 20 heavy (non-hydrogen) atoms. The third kappa shape index (κ3) is 2.54. The molecule has 5 nitrogen and oxygen atoms in total. The van der Waals surface area contributed by atoms with Crippen molar-refractivity contribution in [3.63, 3.8) is 0 Å². The lowest BCUT2D eigenvalue weighted by Crippen LogP contribution is -2.47. The zero-order valence-electron chi connectivity index (χ0n) is 11.1. The minimum absolute atomic E-state index is 0. The molecule has 1 amide bonds. The number of fused-ring (bicyclic) bond motifs is 1. The van der Waals surface area contributed by atoms with Gasteiger partial charge in [0.25, 0.3) is 0 Å². The molecule has 2 aliphatic heterocycles. The van der Waals surface area contributed by atoms with Gasteiger partial charge in [0.05, 0.1) is 6.04 Å². The van der Waals surface area contributed by atoms with Crippen LogP contribution < -0.4 is 14.8 Å². The number of ether oxygens (including phenoxy) is 3. The lowest BCUT2D eigenvalue weighted by atomic mass is 9.80. The normalized spacial score (nSPS) is 22.6. The van der Waals surface area contributed by atoms with E-state index >= 15 is 0 Å². The molecule has 2 aliphatic rings. The zero-order chi connectivity index (χ0) is 13.6. The molecule has 0 aliphatic carbocycles. The fourth-order valence-corrected chi connectivity index (χ4v) is 2.89. The van der Waals surface area contributed by atoms with E-state index in [2.05, 4.69) is 21.2 Å². The molecule has 0 radical (unpaired) electrons. The smallest absolute Gasteiger partial charge is 0.407 e. The summed E-state index contributed by atoms with van der Waals surface area (Å²) in [5, 5.41) is 2.87. The van der Waals surface area contributed by atoms with Crippen LogP contribution in [0.3, 0.4) is 0 Å². The fourth-order valence-electron chi connectivity index (χ4n) is 2.34. The number of rotatable bonds is 1. The maximum atomic E-state index is 11.5. The van der Waals surface area contributed by atoms with Gasteiger partial charge in [-0.2, -0.15) is 0 Å². The van der Waals surface area contributed by atoms with Crippen molar-refractivity contribution in [2.45, 2.75) is 19.9 Å². The molecular formula is C13H15BrClNO4. The highest BCUT2D eigenvalue weighted by Crippen LogP contribution is 2.44. The second-order valence-electron chi connectivity index (χ2n) is 5.37. The zero-order valence-corrected chi connectivity index (χ0v) is 13.5. The molecule has 1 saturated heterocycles. The first-order valence-electron chi connectivity index (χ1n) is 6.00. The maximum Gasteiger partial charge on any atom is 0.407 e. The van der Waals surface area contributed by atoms with E-state index in [4.69, 9.17) is 14.2 Å². The van der Waals surface area contributed by atoms with Gasteiger partial charge in [0.1, 0.15) is 6.61 Å². The van der Waals surface area contributed by atoms with E-state index in [0.717, 1.165) is 10.0 Å². The number of halogens is 2. The first-order valence-corrected chi connectivity index (χ1v) is 6.79. The Labute approximate surface area is 131 Å². The van der Waals surface area contributed by atoms with Crippen LogP contribution in [0.25, 0.3) is 0 Å². The number of benzene rings is 1. The summed E-state index contributed by atoms with van der Waals surface area (Å²) in [7, 11) is 0. The SMILES string of the molecule is CC1(C)COC(=O)N[C@H]1c1cc2c(cc1Br)OCO2.Cl. The first-order chi connectivity index (χ1) is 8.97. The molecule has 0 spiro atoms. The van der Waals surface area contributed by atoms with E-state index in [-0.39, 0.29) is 30.7 Å². The highest BCUT2D eigenvalue weighted by molar-refractivity contribution is 9.10. The number of nitrogens with one attached hydrogen (secondary N) is 1. The third-order valence-corrected chi connectivity index (χ3v) is 4.11. The van der Waals surface area contributed by atoms with E-state index in [1.54, 1.807) is 0 Å². The fraction of sp³-hybridized carbons (Fsp3) is 0.462. The Kier molecular flexibility index (Phi) is 4.07. The quantitative estimate of drug-likeness (QED) is 0.830. The Hall–Kier alpha value is -1.14. The number of carbonyl (C=O) groups is 1. The molecule has 7 heteroatoms. The van der Waals surface area contributed by atoms with Crippen LogP contribution in [0.15, 0.2) is 16.6 Å². The van der Waals surface area contributed by atoms with Gasteiger partial charge in [0.2, 0.25) is 6.79 Å². The summed E-state index contributed by atoms with van der Waals surface area (Å²) in [6.07, 6.45) is -0.395. The summed E-state index contributed by atoms with van der Waals surface area (Å²) in [5.41, 5.74) is 0.760. The molecule has 0 saturated carbocycles. The second-order valence-corrected chi connectivity index (χ2v) is 6.22. The lowest BCUT2D eigenvalue weighted by molar-refractivity contribution is 0.0385. The maximum absolute atomic E-state index is 11.5. The predicted molar refractivity (Wildman–Crippen MR) is 78.5 cm³/mol. The minimum atomic E-state index is -0.395. The summed E-state index contributed by atoms with van der Waals surface area (Å²) in [6, 6.07) is 3.64. The van der Waals surface area contributed by atoms with Gasteiger partial charge in [-0.05, 0) is 17.7 Å². The van der Waals surface area contributed by atoms with Crippen molar-refractivity contribution in [2.24, 2.45) is 5.41 Å². The van der Waals surface area contributed by atoms with Gasteiger partial charge in [0.15, 0.2) is 11.5 Å². The molecule has 110 valence electrons. The number of cyclic esters (lactones) is 1. The second kappa shape index (κ2) is 5.33. The lowest BCUT2D eigenvalue weighted by Gasteiger charge is -2.39. The molecule has 0 unspecified atom stereocenters. The Balaban J connectivity index is 0.00000147. The Bertz CT molecular complexity index is 549. The molecular weight excluding hydrogens is 350 g/mol. The van der Waals surface area contributed by atoms with Gasteiger partial charge in [-0.1, -0.05) is 29.8 Å². The van der Waals surface area contributed by atoms with Crippen molar-refractivity contribution in [3.05, 3.63) is 22.2 Å². The number of amides is 1. The monoisotopic (exact) mass is 363 g/mol. The summed E-state index contributed by atoms with van der Waals surface area (Å²) >= 11 is 3.53. The summed E-state index contributed by atoms with van der Waals surface area (Å²) in [6.45, 7) is 4.71. The van der Waals surface area contributed by atoms with Crippen molar-refractivity contribution >= 4 is 34.4 Å². The van der Waals surface area contributed by atoms with E-state index < -0.39 is 6.09 Å². The molecule has 1 fully saturated rings. The average molecular weight is 365 g/mol. The highest BCUT2D eigenvalue weighted by Gasteiger charge is 2.39. The van der Waals surface area contributed by atoms with Gasteiger partial charge in [-0.25, -0.2) is 4.79 Å². The van der Waals surface area contributed by atoms with Crippen LogP contribution in [0.5, 0.6) is 11.5 Å². The van der Waals surface area contributed by atoms with E-state index in [1.807, 2.05) is 26.0 Å². The number of carbonyl (C=O) groups excluding carboxylic acids is 1. The van der Waals surface area contributed by atoms with Crippen molar-refractivity contribution in [2.75, 3.05) is 13.4 Å². The largest absolute Gasteiger partial charge is 0.454 e. The Morgan fingerprint density at radius 1 is 1.25 bits per heavy atom. The van der Waals surface area contributed by atoms with Crippen molar-refractivity contribution in [1.29, 1.82) is 0 Å². The molecule has 2 heterocycles. The third-order valence-electron chi connectivity index (χ3n) is 3.42. The molecule has 1 N–H and O–H groups in total. The van der Waals surface area contributed by atoms with Crippen molar-refractivity contribution < 1.29 is 19.0 Å². The summed E-state index contributed by atoms with van der Waals surface area (Å²) in [4.78, 5) is 11.5. The van der Waals surface area contributed by atoms with Crippen LogP contribution >= 0.6 is 28.3 Å². The van der Waals surface area contributed by atoms with Crippen LogP contribution in [0.1, 0.15) is 25.5 Å². The topological polar surface area (TPSA) is 56.8 Å². The van der Waals surface area contributed by atoms with Crippen molar-refractivity contribution in [1.82, 2.24) is 5.32 Å². The van der Waals surface area contributed by atoms with Crippen LogP contribution in [0, 0.1) is 5.41 Å². The molecule has 1 aromatic carbocycles. The van der Waals surface area contributed by atoms with Crippen LogP contribution in [0.4, 0.5) is 4.79 Å². The number of hydrogen-bond acceptors (Lipinski definition) is 4. The van der Waals surface area contributed by atoms with Crippen molar-refractivity contribution in [3.8, 4) is 11.5 Å². The van der Waals surface area contributed by atoms with Gasteiger partial charge in [-0.3, -0.25) is 0 Å². The van der Waals surface area contributed by atoms with Gasteiger partial charge in [-0.15, -0.1) is 12.4 Å². The van der Waals surface area contributed by atoms with E-state index in [0.29, 0.717) is 18.1 Å². The standard InChI is InChI=1S/C13H14BrNO4.ClH/c1-13(2)5-17-12(16)15-11(13)7-3-9-10(4-8(7)14)19-6-18-9;/h3-4,11H,5-6H2,1-2H3,(H,15,16);1H/t11-;/m0./s1. The summed E-state index contributed by atoms with van der Waals surface area (Å²) < 4.78 is 16.7. The highest BCUT2D eigenvalue weighted by atomic mass is 79.9. The number of hydrogen-bond donors (Lipinski definition) is 1. The Morgan fingerprint density at radius 3 is 2.60 bits per heavy atom. The van der Waals surface area contributed by atoms with Gasteiger partial charge >= 0.3 is 6.09 Å². The molecule has 1 atom stereocenters. The van der Waals surface area contributed by atoms with Crippen LogP contribution in [0.2, 0.25) is 0 Å². The number of alkyl carbamates (subject to hydrolysis) is 1. The van der Waals surface area contributed by atoms with Gasteiger partial charge in [0, 0.05) is 9.89 Å². The first kappa shape index (κ1) is 15.3. The van der Waals surface area contributed by atoms with Crippen LogP contribution in [-0.2, 0) is 4.74 Å². The van der Waals surface area contributed by atoms with E-state index in [1.165, 1.54) is 0 Å². The minimum Gasteiger partial charge on any atom is -0.454 e. The Morgan fingerprint density at radius 2 is 1.90 bits per heavy atom. The summed E-state index contributed by atoms with van der Waals surface area (Å²) in [5.74, 6) is 1.42. The molecule has 3 rings (SSSR count). The van der Waals surface area contributed by atoms with Crippen LogP contribution in [-0.4, -0.2) is 19.5 Å². The van der Waals surface area contributed by atoms with E-state index in [9.17, 15) is 4.79 Å². The predicted octanol–water partition coefficient (Wildman–Crippen LogP) is 3.41. The molecule has 0 aromatic heterocycles. The average Bonchev–Trinajstić information content (AvgIpc) is 2.78. The molecule has 1 aromatic rings.